The highest BCUT2D eigenvalue weighted by Crippen LogP contribution is 2.22. The van der Waals surface area contributed by atoms with Crippen LogP contribution in [0.5, 0.6) is 0 Å². The largest absolute Gasteiger partial charge is 0.384 e. The molecule has 1 aromatic carbocycles. The molecular weight excluding hydrogens is 286 g/mol. The summed E-state index contributed by atoms with van der Waals surface area (Å²) in [6.45, 7) is 2.32. The molecule has 1 heterocycles. The van der Waals surface area contributed by atoms with Gasteiger partial charge >= 0.3 is 0 Å². The van der Waals surface area contributed by atoms with Gasteiger partial charge in [0.2, 0.25) is 0 Å². The summed E-state index contributed by atoms with van der Waals surface area (Å²) in [6, 6.07) is 9.12. The van der Waals surface area contributed by atoms with E-state index in [9.17, 15) is 9.90 Å². The van der Waals surface area contributed by atoms with Gasteiger partial charge in [0.1, 0.15) is 5.60 Å². The van der Waals surface area contributed by atoms with Crippen molar-refractivity contribution in [1.29, 1.82) is 0 Å². The zero-order valence-corrected chi connectivity index (χ0v) is 12.9. The highest BCUT2D eigenvalue weighted by atomic mass is 32.1. The van der Waals surface area contributed by atoms with E-state index < -0.39 is 5.60 Å². The minimum Gasteiger partial charge on any atom is -0.384 e. The van der Waals surface area contributed by atoms with Crippen LogP contribution >= 0.6 is 11.3 Å². The van der Waals surface area contributed by atoms with Crippen LogP contribution in [-0.4, -0.2) is 24.7 Å². The number of nitrogens with one attached hydrogen (secondary N) is 1. The number of benzene rings is 1. The Morgan fingerprint density at radius 1 is 1.43 bits per heavy atom. The average molecular weight is 305 g/mol. The number of amides is 1. The Balaban J connectivity index is 2.00. The van der Waals surface area contributed by atoms with Crippen LogP contribution < -0.4 is 5.32 Å². The predicted octanol–water partition coefficient (Wildman–Crippen LogP) is 2.53. The standard InChI is InChI=1S/C16H19NO3S/c1-16(19,14-6-7-21-10-14)11-17-15(18)13-5-3-4-12(8-13)9-20-2/h3-8,10,19H,9,11H2,1-2H3,(H,17,18). The zero-order valence-electron chi connectivity index (χ0n) is 12.1. The summed E-state index contributed by atoms with van der Waals surface area (Å²) in [5, 5.41) is 16.9. The van der Waals surface area contributed by atoms with Gasteiger partial charge in [0.15, 0.2) is 0 Å². The summed E-state index contributed by atoms with van der Waals surface area (Å²) in [7, 11) is 1.62. The van der Waals surface area contributed by atoms with E-state index >= 15 is 0 Å². The molecule has 2 N–H and O–H groups in total. The predicted molar refractivity (Wildman–Crippen MR) is 83.4 cm³/mol. The zero-order chi connectivity index (χ0) is 15.3. The molecule has 0 aliphatic carbocycles. The van der Waals surface area contributed by atoms with E-state index in [2.05, 4.69) is 5.32 Å². The number of carbonyl (C=O) groups is 1. The summed E-state index contributed by atoms with van der Waals surface area (Å²) in [5.74, 6) is -0.205. The van der Waals surface area contributed by atoms with Gasteiger partial charge in [-0.1, -0.05) is 12.1 Å². The molecule has 0 aliphatic heterocycles. The summed E-state index contributed by atoms with van der Waals surface area (Å²) in [5.41, 5.74) is 1.24. The molecule has 0 spiro atoms. The quantitative estimate of drug-likeness (QED) is 0.862. The minimum absolute atomic E-state index is 0.164. The van der Waals surface area contributed by atoms with E-state index in [1.165, 1.54) is 11.3 Å². The van der Waals surface area contributed by atoms with Crippen LogP contribution in [0.4, 0.5) is 0 Å². The van der Waals surface area contributed by atoms with Crippen LogP contribution in [-0.2, 0) is 16.9 Å². The Hall–Kier alpha value is -1.69. The summed E-state index contributed by atoms with van der Waals surface area (Å²) >= 11 is 1.52. The molecular formula is C16H19NO3S. The smallest absolute Gasteiger partial charge is 0.251 e. The fourth-order valence-corrected chi connectivity index (χ4v) is 2.78. The number of carbonyl (C=O) groups excluding carboxylic acids is 1. The lowest BCUT2D eigenvalue weighted by molar-refractivity contribution is 0.0530. The molecule has 1 atom stereocenters. The van der Waals surface area contributed by atoms with Gasteiger partial charge in [-0.3, -0.25) is 4.79 Å². The van der Waals surface area contributed by atoms with E-state index in [4.69, 9.17) is 4.74 Å². The first-order valence-corrected chi connectivity index (χ1v) is 7.58. The third-order valence-electron chi connectivity index (χ3n) is 3.24. The summed E-state index contributed by atoms with van der Waals surface area (Å²) in [4.78, 5) is 12.2. The number of hydrogen-bond acceptors (Lipinski definition) is 4. The maximum Gasteiger partial charge on any atom is 0.251 e. The van der Waals surface area contributed by atoms with Gasteiger partial charge in [0, 0.05) is 12.7 Å². The van der Waals surface area contributed by atoms with Crippen molar-refractivity contribution < 1.29 is 14.6 Å². The van der Waals surface area contributed by atoms with Gasteiger partial charge in [0.25, 0.3) is 5.91 Å². The molecule has 0 aliphatic rings. The average Bonchev–Trinajstić information content (AvgIpc) is 3.00. The monoisotopic (exact) mass is 305 g/mol. The van der Waals surface area contributed by atoms with E-state index in [0.717, 1.165) is 11.1 Å². The van der Waals surface area contributed by atoms with Crippen LogP contribution in [0.15, 0.2) is 41.1 Å². The van der Waals surface area contributed by atoms with Crippen molar-refractivity contribution in [2.24, 2.45) is 0 Å². The second-order valence-electron chi connectivity index (χ2n) is 5.10. The SMILES string of the molecule is COCc1cccc(C(=O)NCC(C)(O)c2ccsc2)c1. The lowest BCUT2D eigenvalue weighted by Crippen LogP contribution is -2.38. The Labute approximate surface area is 128 Å². The molecule has 21 heavy (non-hydrogen) atoms. The Bertz CT molecular complexity index is 593. The molecule has 4 nitrogen and oxygen atoms in total. The molecule has 1 amide bonds. The van der Waals surface area contributed by atoms with Crippen molar-refractivity contribution in [3.05, 3.63) is 57.8 Å². The first kappa shape index (κ1) is 15.7. The fraction of sp³-hybridized carbons (Fsp3) is 0.312. The van der Waals surface area contributed by atoms with E-state index in [0.29, 0.717) is 12.2 Å². The molecule has 0 radical (unpaired) electrons. The number of methoxy groups -OCH3 is 1. The van der Waals surface area contributed by atoms with Crippen LogP contribution in [0.3, 0.4) is 0 Å². The van der Waals surface area contributed by atoms with Crippen molar-refractivity contribution >= 4 is 17.2 Å². The van der Waals surface area contributed by atoms with Crippen molar-refractivity contribution in [2.75, 3.05) is 13.7 Å². The van der Waals surface area contributed by atoms with Crippen molar-refractivity contribution in [2.45, 2.75) is 19.1 Å². The molecule has 0 saturated heterocycles. The normalized spacial score (nSPS) is 13.7. The van der Waals surface area contributed by atoms with Crippen molar-refractivity contribution in [3.63, 3.8) is 0 Å². The number of thiophene rings is 1. The topological polar surface area (TPSA) is 58.6 Å². The molecule has 5 heteroatoms. The number of ether oxygens (including phenoxy) is 1. The fourth-order valence-electron chi connectivity index (χ4n) is 2.00. The minimum atomic E-state index is -1.07. The maximum atomic E-state index is 12.2. The van der Waals surface area contributed by atoms with Gasteiger partial charge in [-0.15, -0.1) is 0 Å². The van der Waals surface area contributed by atoms with Gasteiger partial charge < -0.3 is 15.2 Å². The third kappa shape index (κ3) is 4.14. The van der Waals surface area contributed by atoms with Gasteiger partial charge in [-0.05, 0) is 47.0 Å². The molecule has 2 aromatic rings. The first-order chi connectivity index (χ1) is 10.0. The van der Waals surface area contributed by atoms with Gasteiger partial charge in [0.05, 0.1) is 13.2 Å². The Kier molecular flexibility index (Phi) is 5.12. The van der Waals surface area contributed by atoms with Crippen LogP contribution in [0.1, 0.15) is 28.4 Å². The third-order valence-corrected chi connectivity index (χ3v) is 3.92. The van der Waals surface area contributed by atoms with Crippen LogP contribution in [0.25, 0.3) is 0 Å². The first-order valence-electron chi connectivity index (χ1n) is 6.64. The second-order valence-corrected chi connectivity index (χ2v) is 5.88. The molecule has 112 valence electrons. The molecule has 0 saturated carbocycles. The van der Waals surface area contributed by atoms with E-state index in [1.807, 2.05) is 29.0 Å². The lowest BCUT2D eigenvalue weighted by Gasteiger charge is -2.22. The van der Waals surface area contributed by atoms with Crippen LogP contribution in [0, 0.1) is 0 Å². The molecule has 1 unspecified atom stereocenters. The molecule has 0 fully saturated rings. The summed E-state index contributed by atoms with van der Waals surface area (Å²) in [6.07, 6.45) is 0. The lowest BCUT2D eigenvalue weighted by atomic mass is 9.99. The Morgan fingerprint density at radius 2 is 2.24 bits per heavy atom. The van der Waals surface area contributed by atoms with Crippen molar-refractivity contribution in [1.82, 2.24) is 5.32 Å². The molecule has 2 rings (SSSR count). The Morgan fingerprint density at radius 3 is 2.90 bits per heavy atom. The number of rotatable bonds is 6. The van der Waals surface area contributed by atoms with Crippen LogP contribution in [0.2, 0.25) is 0 Å². The molecule has 1 aromatic heterocycles. The summed E-state index contributed by atoms with van der Waals surface area (Å²) < 4.78 is 5.06. The van der Waals surface area contributed by atoms with E-state index in [1.54, 1.807) is 26.2 Å². The highest BCUT2D eigenvalue weighted by Gasteiger charge is 2.24. The second kappa shape index (κ2) is 6.85. The van der Waals surface area contributed by atoms with Crippen molar-refractivity contribution in [3.8, 4) is 0 Å². The van der Waals surface area contributed by atoms with Gasteiger partial charge in [-0.2, -0.15) is 11.3 Å². The van der Waals surface area contributed by atoms with E-state index in [-0.39, 0.29) is 12.5 Å². The maximum absolute atomic E-state index is 12.2. The highest BCUT2D eigenvalue weighted by molar-refractivity contribution is 7.08. The number of aliphatic hydroxyl groups is 1. The molecule has 0 bridgehead atoms. The number of hydrogen-bond donors (Lipinski definition) is 2. The van der Waals surface area contributed by atoms with Gasteiger partial charge in [-0.25, -0.2) is 0 Å².